The lowest BCUT2D eigenvalue weighted by atomic mass is 10.2. The number of likely N-dealkylation sites (N-methyl/N-ethyl adjacent to an activating group) is 1. The Balaban J connectivity index is 1.54. The van der Waals surface area contributed by atoms with Gasteiger partial charge in [-0.15, -0.1) is 0 Å². The second-order valence-corrected chi connectivity index (χ2v) is 9.98. The average molecular weight is 446 g/mol. The maximum Gasteiger partial charge on any atom is 0.243 e. The van der Waals surface area contributed by atoms with Crippen LogP contribution in [0.4, 0.5) is 0 Å². The molecule has 1 fully saturated rings. The van der Waals surface area contributed by atoms with Crippen molar-refractivity contribution >= 4 is 15.9 Å². The van der Waals surface area contributed by atoms with Gasteiger partial charge in [0.25, 0.3) is 0 Å². The maximum absolute atomic E-state index is 13.0. The van der Waals surface area contributed by atoms with Gasteiger partial charge in [0.15, 0.2) is 0 Å². The molecule has 2 aromatic rings. The highest BCUT2D eigenvalue weighted by Crippen LogP contribution is 2.22. The molecule has 0 atom stereocenters. The van der Waals surface area contributed by atoms with E-state index in [1.54, 1.807) is 18.1 Å². The molecule has 1 amide bonds. The van der Waals surface area contributed by atoms with Crippen molar-refractivity contribution in [3.8, 4) is 5.75 Å². The van der Waals surface area contributed by atoms with Gasteiger partial charge >= 0.3 is 0 Å². The van der Waals surface area contributed by atoms with Gasteiger partial charge in [-0.05, 0) is 50.2 Å². The molecule has 0 bridgehead atoms. The van der Waals surface area contributed by atoms with Gasteiger partial charge in [-0.1, -0.05) is 29.8 Å². The Morgan fingerprint density at radius 3 is 2.26 bits per heavy atom. The van der Waals surface area contributed by atoms with Crippen LogP contribution in [0, 0.1) is 13.8 Å². The minimum absolute atomic E-state index is 0.0135. The summed E-state index contributed by atoms with van der Waals surface area (Å²) < 4.78 is 32.7. The van der Waals surface area contributed by atoms with Gasteiger partial charge in [0.05, 0.1) is 18.6 Å². The number of carbonyl (C=O) groups is 1. The fraction of sp³-hybridized carbons (Fsp3) is 0.435. The van der Waals surface area contributed by atoms with E-state index in [-0.39, 0.29) is 12.5 Å². The van der Waals surface area contributed by atoms with Crippen LogP contribution in [-0.2, 0) is 21.4 Å². The van der Waals surface area contributed by atoms with E-state index in [0.717, 1.165) is 22.4 Å². The number of hydrogen-bond acceptors (Lipinski definition) is 5. The number of sulfonamides is 1. The number of carbonyl (C=O) groups excluding carboxylic acids is 1. The quantitative estimate of drug-likeness (QED) is 0.654. The standard InChI is InChI=1S/C23H31N3O4S/c1-18-5-10-22(19(2)15-18)31(28,29)26-13-11-25(12-14-26)23(27)17-24(3)16-20-6-8-21(30-4)9-7-20/h5-10,15H,11-14,16-17H2,1-4H3. The normalized spacial score (nSPS) is 15.3. The maximum atomic E-state index is 13.0. The SMILES string of the molecule is COc1ccc(CN(C)CC(=O)N2CCN(S(=O)(=O)c3ccc(C)cc3C)CC2)cc1. The molecule has 0 radical (unpaired) electrons. The summed E-state index contributed by atoms with van der Waals surface area (Å²) in [6.07, 6.45) is 0. The third-order valence-electron chi connectivity index (χ3n) is 5.56. The van der Waals surface area contributed by atoms with Gasteiger partial charge in [0.1, 0.15) is 5.75 Å². The van der Waals surface area contributed by atoms with E-state index >= 15 is 0 Å². The van der Waals surface area contributed by atoms with Crippen molar-refractivity contribution in [1.29, 1.82) is 0 Å². The van der Waals surface area contributed by atoms with Crippen LogP contribution in [0.25, 0.3) is 0 Å². The predicted molar refractivity (Wildman–Crippen MR) is 121 cm³/mol. The Kier molecular flexibility index (Phi) is 7.35. The third-order valence-corrected chi connectivity index (χ3v) is 7.62. The zero-order chi connectivity index (χ0) is 22.6. The molecular weight excluding hydrogens is 414 g/mol. The van der Waals surface area contributed by atoms with Crippen molar-refractivity contribution < 1.29 is 17.9 Å². The van der Waals surface area contributed by atoms with Crippen molar-refractivity contribution in [1.82, 2.24) is 14.1 Å². The summed E-state index contributed by atoms with van der Waals surface area (Å²) in [7, 11) is -0.0160. The molecule has 31 heavy (non-hydrogen) atoms. The second kappa shape index (κ2) is 9.80. The number of benzene rings is 2. The van der Waals surface area contributed by atoms with Crippen LogP contribution in [-0.4, -0.2) is 75.3 Å². The van der Waals surface area contributed by atoms with Crippen molar-refractivity contribution in [2.75, 3.05) is 46.9 Å². The highest BCUT2D eigenvalue weighted by Gasteiger charge is 2.31. The molecule has 0 aromatic heterocycles. The molecule has 7 nitrogen and oxygen atoms in total. The number of methoxy groups -OCH3 is 1. The summed E-state index contributed by atoms with van der Waals surface area (Å²) in [5.41, 5.74) is 2.88. The minimum atomic E-state index is -3.55. The van der Waals surface area contributed by atoms with E-state index in [0.29, 0.717) is 37.6 Å². The molecule has 0 aliphatic carbocycles. The van der Waals surface area contributed by atoms with Gasteiger partial charge in [-0.25, -0.2) is 8.42 Å². The molecule has 1 aliphatic rings. The zero-order valence-electron chi connectivity index (χ0n) is 18.7. The highest BCUT2D eigenvalue weighted by molar-refractivity contribution is 7.89. The predicted octanol–water partition coefficient (Wildman–Crippen LogP) is 2.28. The van der Waals surface area contributed by atoms with E-state index < -0.39 is 10.0 Å². The summed E-state index contributed by atoms with van der Waals surface area (Å²) in [4.78, 5) is 16.8. The van der Waals surface area contributed by atoms with E-state index in [9.17, 15) is 13.2 Å². The molecule has 168 valence electrons. The van der Waals surface area contributed by atoms with E-state index in [1.807, 2.05) is 62.2 Å². The zero-order valence-corrected chi connectivity index (χ0v) is 19.5. The Morgan fingerprint density at radius 1 is 1.03 bits per heavy atom. The largest absolute Gasteiger partial charge is 0.497 e. The molecule has 8 heteroatoms. The Morgan fingerprint density at radius 2 is 1.68 bits per heavy atom. The molecule has 0 unspecified atom stereocenters. The molecule has 1 heterocycles. The molecule has 3 rings (SSSR count). The van der Waals surface area contributed by atoms with Gasteiger partial charge < -0.3 is 9.64 Å². The summed E-state index contributed by atoms with van der Waals surface area (Å²) in [5.74, 6) is 0.815. The number of ether oxygens (including phenoxy) is 1. The van der Waals surface area contributed by atoms with E-state index in [4.69, 9.17) is 4.74 Å². The lowest BCUT2D eigenvalue weighted by Gasteiger charge is -2.35. The third kappa shape index (κ3) is 5.64. The first-order valence-electron chi connectivity index (χ1n) is 10.4. The number of aryl methyl sites for hydroxylation is 2. The van der Waals surface area contributed by atoms with E-state index in [2.05, 4.69) is 0 Å². The van der Waals surface area contributed by atoms with Crippen molar-refractivity contribution in [3.05, 3.63) is 59.2 Å². The molecule has 2 aromatic carbocycles. The Hall–Kier alpha value is -2.42. The molecule has 1 aliphatic heterocycles. The van der Waals surface area contributed by atoms with Crippen molar-refractivity contribution in [3.63, 3.8) is 0 Å². The second-order valence-electron chi connectivity index (χ2n) is 8.07. The molecular formula is C23H31N3O4S. The number of hydrogen-bond donors (Lipinski definition) is 0. The first-order valence-corrected chi connectivity index (χ1v) is 11.8. The van der Waals surface area contributed by atoms with Crippen LogP contribution in [0.3, 0.4) is 0 Å². The summed E-state index contributed by atoms with van der Waals surface area (Å²) >= 11 is 0. The topological polar surface area (TPSA) is 70.2 Å². The van der Waals surface area contributed by atoms with Crippen LogP contribution >= 0.6 is 0 Å². The van der Waals surface area contributed by atoms with Crippen LogP contribution in [0.5, 0.6) is 5.75 Å². The number of piperazine rings is 1. The van der Waals surface area contributed by atoms with Gasteiger partial charge in [-0.3, -0.25) is 9.69 Å². The highest BCUT2D eigenvalue weighted by atomic mass is 32.2. The van der Waals surface area contributed by atoms with Crippen LogP contribution in [0.1, 0.15) is 16.7 Å². The Bertz CT molecular complexity index is 1010. The van der Waals surface area contributed by atoms with E-state index in [1.165, 1.54) is 4.31 Å². The van der Waals surface area contributed by atoms with Crippen LogP contribution in [0.2, 0.25) is 0 Å². The molecule has 1 saturated heterocycles. The van der Waals surface area contributed by atoms with Crippen molar-refractivity contribution in [2.24, 2.45) is 0 Å². The minimum Gasteiger partial charge on any atom is -0.497 e. The number of rotatable bonds is 7. The lowest BCUT2D eigenvalue weighted by molar-refractivity contribution is -0.133. The average Bonchev–Trinajstić information content (AvgIpc) is 2.74. The summed E-state index contributed by atoms with van der Waals surface area (Å²) in [6.45, 7) is 6.12. The number of nitrogens with zero attached hydrogens (tertiary/aromatic N) is 3. The Labute approximate surface area is 185 Å². The monoisotopic (exact) mass is 445 g/mol. The van der Waals surface area contributed by atoms with Crippen LogP contribution in [0.15, 0.2) is 47.4 Å². The van der Waals surface area contributed by atoms with Gasteiger partial charge in [0.2, 0.25) is 15.9 Å². The van der Waals surface area contributed by atoms with Gasteiger partial charge in [-0.2, -0.15) is 4.31 Å². The van der Waals surface area contributed by atoms with Gasteiger partial charge in [0, 0.05) is 32.7 Å². The molecule has 0 spiro atoms. The fourth-order valence-corrected chi connectivity index (χ4v) is 5.46. The first-order chi connectivity index (χ1) is 14.7. The van der Waals surface area contributed by atoms with Crippen LogP contribution < -0.4 is 4.74 Å². The fourth-order valence-electron chi connectivity index (χ4n) is 3.84. The van der Waals surface area contributed by atoms with Crippen molar-refractivity contribution in [2.45, 2.75) is 25.3 Å². The number of amides is 1. The molecule has 0 saturated carbocycles. The lowest BCUT2D eigenvalue weighted by Crippen LogP contribution is -2.52. The molecule has 0 N–H and O–H groups in total. The summed E-state index contributed by atoms with van der Waals surface area (Å²) in [5, 5.41) is 0. The summed E-state index contributed by atoms with van der Waals surface area (Å²) in [6, 6.07) is 13.1. The first kappa shape index (κ1) is 23.2. The smallest absolute Gasteiger partial charge is 0.243 e.